The van der Waals surface area contributed by atoms with E-state index in [-0.39, 0.29) is 17.1 Å². The molecule has 1 aliphatic rings. The van der Waals surface area contributed by atoms with Crippen molar-refractivity contribution < 1.29 is 8.78 Å². The minimum absolute atomic E-state index is 0.125. The summed E-state index contributed by atoms with van der Waals surface area (Å²) in [7, 11) is 0. The number of hydrogen-bond donors (Lipinski definition) is 0. The van der Waals surface area contributed by atoms with Crippen LogP contribution in [0.25, 0.3) is 0 Å². The smallest absolute Gasteiger partial charge is 0.168 e. The molecule has 0 bridgehead atoms. The first-order valence-electron chi connectivity index (χ1n) is 5.28. The van der Waals surface area contributed by atoms with E-state index in [2.05, 4.69) is 4.98 Å². The summed E-state index contributed by atoms with van der Waals surface area (Å²) in [5.41, 5.74) is 0. The summed E-state index contributed by atoms with van der Waals surface area (Å²) in [6.45, 7) is 3.34. The molecule has 1 saturated heterocycles. The zero-order valence-electron chi connectivity index (χ0n) is 8.96. The van der Waals surface area contributed by atoms with Crippen LogP contribution in [0.15, 0.2) is 12.3 Å². The highest BCUT2D eigenvalue weighted by atomic mass is 35.5. The maximum absolute atomic E-state index is 13.5. The molecule has 2 heterocycles. The first kappa shape index (κ1) is 11.6. The van der Waals surface area contributed by atoms with Gasteiger partial charge in [-0.25, -0.2) is 13.8 Å². The summed E-state index contributed by atoms with van der Waals surface area (Å²) in [4.78, 5) is 5.61. The number of hydrogen-bond acceptors (Lipinski definition) is 2. The fourth-order valence-electron chi connectivity index (χ4n) is 1.95. The lowest BCUT2D eigenvalue weighted by atomic mass is 9.99. The van der Waals surface area contributed by atoms with Crippen LogP contribution in [0, 0.1) is 17.6 Å². The number of nitrogens with zero attached hydrogens (tertiary/aromatic N) is 2. The van der Waals surface area contributed by atoms with Gasteiger partial charge in [-0.15, -0.1) is 11.6 Å². The predicted molar refractivity (Wildman–Crippen MR) is 59.8 cm³/mol. The van der Waals surface area contributed by atoms with Crippen LogP contribution in [0.1, 0.15) is 13.3 Å². The van der Waals surface area contributed by atoms with E-state index >= 15 is 0 Å². The molecule has 1 aromatic rings. The van der Waals surface area contributed by atoms with Crippen LogP contribution in [0.5, 0.6) is 0 Å². The molecule has 0 N–H and O–H groups in total. The van der Waals surface area contributed by atoms with Crippen LogP contribution >= 0.6 is 11.6 Å². The van der Waals surface area contributed by atoms with E-state index in [1.165, 1.54) is 0 Å². The Labute approximate surface area is 98.2 Å². The molecule has 2 atom stereocenters. The van der Waals surface area contributed by atoms with E-state index in [1.54, 1.807) is 0 Å². The second-order valence-electron chi connectivity index (χ2n) is 4.19. The van der Waals surface area contributed by atoms with Crippen molar-refractivity contribution in [3.63, 3.8) is 0 Å². The third-order valence-corrected chi connectivity index (χ3v) is 3.54. The third kappa shape index (κ3) is 2.26. The zero-order chi connectivity index (χ0) is 11.7. The van der Waals surface area contributed by atoms with Gasteiger partial charge in [-0.3, -0.25) is 0 Å². The van der Waals surface area contributed by atoms with Crippen molar-refractivity contribution in [2.45, 2.75) is 18.7 Å². The lowest BCUT2D eigenvalue weighted by Gasteiger charge is -2.34. The van der Waals surface area contributed by atoms with Crippen molar-refractivity contribution >= 4 is 17.4 Å². The molecular weight excluding hydrogens is 234 g/mol. The molecule has 2 rings (SSSR count). The third-order valence-electron chi connectivity index (χ3n) is 2.89. The Bertz CT molecular complexity index is 386. The molecule has 1 aromatic heterocycles. The second kappa shape index (κ2) is 4.53. The molecule has 0 aromatic carbocycles. The SMILES string of the molecule is CC1CN(c2ncc(F)cc2F)CCC1Cl. The van der Waals surface area contributed by atoms with Gasteiger partial charge < -0.3 is 4.90 Å². The minimum Gasteiger partial charge on any atom is -0.354 e. The molecule has 1 aliphatic heterocycles. The van der Waals surface area contributed by atoms with E-state index < -0.39 is 11.6 Å². The summed E-state index contributed by atoms with van der Waals surface area (Å²) in [6.07, 6.45) is 1.83. The highest BCUT2D eigenvalue weighted by molar-refractivity contribution is 6.20. The lowest BCUT2D eigenvalue weighted by Crippen LogP contribution is -2.40. The Morgan fingerprint density at radius 2 is 2.25 bits per heavy atom. The molecule has 0 aliphatic carbocycles. The van der Waals surface area contributed by atoms with Gasteiger partial charge in [0.15, 0.2) is 11.6 Å². The Morgan fingerprint density at radius 3 is 2.88 bits per heavy atom. The van der Waals surface area contributed by atoms with Gasteiger partial charge in [0.1, 0.15) is 5.82 Å². The van der Waals surface area contributed by atoms with Gasteiger partial charge in [0.2, 0.25) is 0 Å². The number of piperidine rings is 1. The molecule has 5 heteroatoms. The van der Waals surface area contributed by atoms with Crippen LogP contribution in [0.3, 0.4) is 0 Å². The Balaban J connectivity index is 2.18. The normalized spacial score (nSPS) is 25.9. The fourth-order valence-corrected chi connectivity index (χ4v) is 2.13. The molecule has 0 spiro atoms. The van der Waals surface area contributed by atoms with Gasteiger partial charge in [0, 0.05) is 24.5 Å². The molecule has 1 fully saturated rings. The van der Waals surface area contributed by atoms with Crippen LogP contribution in [-0.4, -0.2) is 23.5 Å². The molecule has 2 unspecified atom stereocenters. The number of anilines is 1. The van der Waals surface area contributed by atoms with E-state index in [1.807, 2.05) is 11.8 Å². The van der Waals surface area contributed by atoms with Crippen molar-refractivity contribution in [1.82, 2.24) is 4.98 Å². The summed E-state index contributed by atoms with van der Waals surface area (Å²) in [6, 6.07) is 0.861. The van der Waals surface area contributed by atoms with E-state index in [9.17, 15) is 8.78 Å². The molecule has 0 radical (unpaired) electrons. The number of pyridine rings is 1. The maximum Gasteiger partial charge on any atom is 0.168 e. The Hall–Kier alpha value is -0.900. The van der Waals surface area contributed by atoms with E-state index in [4.69, 9.17) is 11.6 Å². The second-order valence-corrected chi connectivity index (χ2v) is 4.75. The molecule has 0 saturated carbocycles. The van der Waals surface area contributed by atoms with Crippen molar-refractivity contribution in [3.05, 3.63) is 23.9 Å². The van der Waals surface area contributed by atoms with Crippen LogP contribution in [0.2, 0.25) is 0 Å². The topological polar surface area (TPSA) is 16.1 Å². The van der Waals surface area contributed by atoms with E-state index in [0.29, 0.717) is 13.1 Å². The van der Waals surface area contributed by atoms with Gasteiger partial charge in [-0.2, -0.15) is 0 Å². The number of halogens is 3. The summed E-state index contributed by atoms with van der Waals surface area (Å²) >= 11 is 6.08. The monoisotopic (exact) mass is 246 g/mol. The molecule has 0 amide bonds. The average molecular weight is 247 g/mol. The first-order valence-corrected chi connectivity index (χ1v) is 5.71. The predicted octanol–water partition coefficient (Wildman–Crippen LogP) is 2.81. The van der Waals surface area contributed by atoms with Crippen LogP contribution in [0.4, 0.5) is 14.6 Å². The van der Waals surface area contributed by atoms with Crippen molar-refractivity contribution in [1.29, 1.82) is 0 Å². The number of alkyl halides is 1. The summed E-state index contributed by atoms with van der Waals surface area (Å²) in [5, 5.41) is 0.125. The summed E-state index contributed by atoms with van der Waals surface area (Å²) < 4.78 is 26.2. The molecule has 16 heavy (non-hydrogen) atoms. The van der Waals surface area contributed by atoms with Gasteiger partial charge in [0.25, 0.3) is 0 Å². The number of rotatable bonds is 1. The average Bonchev–Trinajstić information content (AvgIpc) is 2.22. The van der Waals surface area contributed by atoms with Gasteiger partial charge >= 0.3 is 0 Å². The molecule has 2 nitrogen and oxygen atoms in total. The largest absolute Gasteiger partial charge is 0.354 e. The Morgan fingerprint density at radius 1 is 1.50 bits per heavy atom. The maximum atomic E-state index is 13.5. The highest BCUT2D eigenvalue weighted by Crippen LogP contribution is 2.26. The fraction of sp³-hybridized carbons (Fsp3) is 0.545. The zero-order valence-corrected chi connectivity index (χ0v) is 9.71. The lowest BCUT2D eigenvalue weighted by molar-refractivity contribution is 0.445. The van der Waals surface area contributed by atoms with Crippen molar-refractivity contribution in [2.24, 2.45) is 5.92 Å². The summed E-state index contributed by atoms with van der Waals surface area (Å²) in [5.74, 6) is -0.764. The van der Waals surface area contributed by atoms with Gasteiger partial charge in [-0.1, -0.05) is 6.92 Å². The van der Waals surface area contributed by atoms with Gasteiger partial charge in [0.05, 0.1) is 6.20 Å². The van der Waals surface area contributed by atoms with Crippen LogP contribution < -0.4 is 4.90 Å². The highest BCUT2D eigenvalue weighted by Gasteiger charge is 2.26. The van der Waals surface area contributed by atoms with Crippen molar-refractivity contribution in [3.8, 4) is 0 Å². The quantitative estimate of drug-likeness (QED) is 0.709. The number of aromatic nitrogens is 1. The Kier molecular flexibility index (Phi) is 3.28. The molecular formula is C11H13ClF2N2. The van der Waals surface area contributed by atoms with Crippen LogP contribution in [-0.2, 0) is 0 Å². The first-order chi connectivity index (χ1) is 7.58. The van der Waals surface area contributed by atoms with Crippen molar-refractivity contribution in [2.75, 3.05) is 18.0 Å². The standard InChI is InChI=1S/C11H13ClF2N2/c1-7-6-16(3-2-9(7)12)11-10(14)4-8(13)5-15-11/h4-5,7,9H,2-3,6H2,1H3. The van der Waals surface area contributed by atoms with E-state index in [0.717, 1.165) is 18.7 Å². The van der Waals surface area contributed by atoms with Gasteiger partial charge in [-0.05, 0) is 12.3 Å². The minimum atomic E-state index is -0.651. The molecule has 88 valence electrons.